The summed E-state index contributed by atoms with van der Waals surface area (Å²) in [6, 6.07) is 8.28. The second-order valence-electron chi connectivity index (χ2n) is 2.96. The van der Waals surface area contributed by atoms with Crippen molar-refractivity contribution in [3.05, 3.63) is 29.8 Å². The monoisotopic (exact) mass is 162 g/mol. The fraction of sp³-hybridized carbons (Fsp3) is 0.400. The van der Waals surface area contributed by atoms with Crippen LogP contribution in [0.25, 0.3) is 0 Å². The van der Waals surface area contributed by atoms with Gasteiger partial charge in [-0.1, -0.05) is 25.5 Å². The Morgan fingerprint density at radius 3 is 2.92 bits per heavy atom. The van der Waals surface area contributed by atoms with Gasteiger partial charge in [0.1, 0.15) is 0 Å². The number of aryl methyl sites for hydroxylation is 1. The molecule has 0 aliphatic carbocycles. The number of hydrogen-bond donors (Lipinski definition) is 0. The van der Waals surface area contributed by atoms with Crippen molar-refractivity contribution in [1.29, 1.82) is 0 Å². The van der Waals surface area contributed by atoms with E-state index in [0.717, 1.165) is 12.2 Å². The van der Waals surface area contributed by atoms with Crippen molar-refractivity contribution in [2.45, 2.75) is 26.2 Å². The van der Waals surface area contributed by atoms with Crippen LogP contribution >= 0.6 is 0 Å². The van der Waals surface area contributed by atoms with Gasteiger partial charge in [-0.3, -0.25) is 0 Å². The first-order valence-corrected chi connectivity index (χ1v) is 4.49. The van der Waals surface area contributed by atoms with E-state index >= 15 is 0 Å². The first-order chi connectivity index (χ1) is 5.86. The lowest BCUT2D eigenvalue weighted by Gasteiger charge is -2.03. The van der Waals surface area contributed by atoms with E-state index in [1.165, 1.54) is 18.4 Å². The number of rotatable bonds is 4. The third-order valence-electron chi connectivity index (χ3n) is 1.95. The van der Waals surface area contributed by atoms with E-state index < -0.39 is 0 Å². The molecule has 0 aliphatic heterocycles. The van der Waals surface area contributed by atoms with Crippen molar-refractivity contribution in [2.24, 2.45) is 0 Å². The summed E-state index contributed by atoms with van der Waals surface area (Å²) in [6.45, 7) is 2.21. The molecule has 1 aromatic carbocycles. The molecule has 0 amide bonds. The van der Waals surface area contributed by atoms with Gasteiger partial charge in [0.25, 0.3) is 0 Å². The Morgan fingerprint density at radius 2 is 2.25 bits per heavy atom. The fourth-order valence-corrected chi connectivity index (χ4v) is 1.21. The van der Waals surface area contributed by atoms with E-state index in [0.29, 0.717) is 0 Å². The predicted octanol–water partition coefficient (Wildman–Crippen LogP) is 1.96. The van der Waals surface area contributed by atoms with E-state index in [9.17, 15) is 0 Å². The van der Waals surface area contributed by atoms with Crippen LogP contribution in [0.2, 0.25) is 0 Å². The molecular weight excluding hydrogens is 147 g/mol. The molecule has 1 rings (SSSR count). The minimum Gasteiger partial charge on any atom is -0.568 e. The third kappa shape index (κ3) is 2.61. The largest absolute Gasteiger partial charge is 0.568 e. The van der Waals surface area contributed by atoms with Crippen molar-refractivity contribution >= 4 is 8.05 Å². The smallest absolute Gasteiger partial charge is 0.322 e. The van der Waals surface area contributed by atoms with Crippen LogP contribution in [-0.4, -0.2) is 8.05 Å². The van der Waals surface area contributed by atoms with Crippen LogP contribution in [0.4, 0.5) is 0 Å². The van der Waals surface area contributed by atoms with Crippen molar-refractivity contribution in [3.63, 3.8) is 0 Å². The molecule has 0 aliphatic rings. The maximum atomic E-state index is 5.13. The molecule has 0 aromatic heterocycles. The molecule has 0 fully saturated rings. The Hall–Kier alpha value is -0.915. The van der Waals surface area contributed by atoms with Gasteiger partial charge < -0.3 is 4.65 Å². The molecule has 1 nitrogen and oxygen atoms in total. The average Bonchev–Trinajstić information content (AvgIpc) is 2.15. The molecule has 0 heterocycles. The number of benzene rings is 1. The highest BCUT2D eigenvalue weighted by molar-refractivity contribution is 5.99. The van der Waals surface area contributed by atoms with Gasteiger partial charge >= 0.3 is 8.05 Å². The van der Waals surface area contributed by atoms with Crippen LogP contribution in [0.5, 0.6) is 5.75 Å². The second kappa shape index (κ2) is 4.86. The van der Waals surface area contributed by atoms with E-state index in [-0.39, 0.29) is 0 Å². The van der Waals surface area contributed by atoms with E-state index in [1.807, 2.05) is 12.1 Å². The Bertz CT molecular complexity index is 235. The average molecular weight is 162 g/mol. The van der Waals surface area contributed by atoms with Crippen LogP contribution in [0.3, 0.4) is 0 Å². The van der Waals surface area contributed by atoms with E-state index in [4.69, 9.17) is 4.65 Å². The standard InChI is InChI=1S/C10H15BO/c1-2-3-5-9-6-4-7-10(8-9)12-11/h4,6-8H,2-3,5,11H2,1H3. The minimum absolute atomic E-state index is 0.962. The van der Waals surface area contributed by atoms with Gasteiger partial charge in [-0.15, -0.1) is 0 Å². The Kier molecular flexibility index (Phi) is 3.72. The summed E-state index contributed by atoms with van der Waals surface area (Å²) < 4.78 is 5.13. The lowest BCUT2D eigenvalue weighted by atomic mass is 10.1. The molecule has 0 atom stereocenters. The second-order valence-corrected chi connectivity index (χ2v) is 2.96. The van der Waals surface area contributed by atoms with Crippen molar-refractivity contribution in [1.82, 2.24) is 0 Å². The maximum Gasteiger partial charge on any atom is 0.322 e. The number of hydrogen-bond acceptors (Lipinski definition) is 1. The Balaban J connectivity index is 2.60. The quantitative estimate of drug-likeness (QED) is 0.615. The molecule has 2 heteroatoms. The molecule has 0 bridgehead atoms. The lowest BCUT2D eigenvalue weighted by Crippen LogP contribution is -1.88. The molecule has 0 N–H and O–H groups in total. The maximum absolute atomic E-state index is 5.13. The van der Waals surface area contributed by atoms with Gasteiger partial charge in [0.05, 0.1) is 5.75 Å². The molecular formula is C10H15BO. The van der Waals surface area contributed by atoms with Gasteiger partial charge in [-0.05, 0) is 30.5 Å². The highest BCUT2D eigenvalue weighted by atomic mass is 16.4. The highest BCUT2D eigenvalue weighted by Gasteiger charge is 1.93. The minimum atomic E-state index is 0.962. The highest BCUT2D eigenvalue weighted by Crippen LogP contribution is 2.13. The van der Waals surface area contributed by atoms with Crippen molar-refractivity contribution in [3.8, 4) is 5.75 Å². The normalized spacial score (nSPS) is 9.75. The van der Waals surface area contributed by atoms with Crippen molar-refractivity contribution < 1.29 is 4.65 Å². The molecule has 0 saturated heterocycles. The first kappa shape index (κ1) is 9.18. The van der Waals surface area contributed by atoms with Gasteiger partial charge in [0.2, 0.25) is 0 Å². The van der Waals surface area contributed by atoms with E-state index in [1.54, 1.807) is 8.05 Å². The molecule has 64 valence electrons. The topological polar surface area (TPSA) is 9.23 Å². The summed E-state index contributed by atoms with van der Waals surface area (Å²) in [4.78, 5) is 0. The van der Waals surface area contributed by atoms with Crippen LogP contribution in [0.1, 0.15) is 25.3 Å². The summed E-state index contributed by atoms with van der Waals surface area (Å²) in [5, 5.41) is 0. The Morgan fingerprint density at radius 1 is 1.42 bits per heavy atom. The Labute approximate surface area is 75.2 Å². The van der Waals surface area contributed by atoms with Gasteiger partial charge in [0.15, 0.2) is 0 Å². The van der Waals surface area contributed by atoms with Gasteiger partial charge in [0, 0.05) is 0 Å². The molecule has 1 aromatic rings. The predicted molar refractivity (Wildman–Crippen MR) is 54.2 cm³/mol. The van der Waals surface area contributed by atoms with Crippen molar-refractivity contribution in [2.75, 3.05) is 0 Å². The van der Waals surface area contributed by atoms with Crippen LogP contribution in [-0.2, 0) is 6.42 Å². The summed E-state index contributed by atoms with van der Waals surface area (Å²) >= 11 is 0. The van der Waals surface area contributed by atoms with Gasteiger partial charge in [-0.25, -0.2) is 0 Å². The molecule has 0 spiro atoms. The SMILES string of the molecule is BOc1cccc(CCCC)c1. The first-order valence-electron chi connectivity index (χ1n) is 4.49. The van der Waals surface area contributed by atoms with Crippen LogP contribution < -0.4 is 4.65 Å². The lowest BCUT2D eigenvalue weighted by molar-refractivity contribution is 0.614. The summed E-state index contributed by atoms with van der Waals surface area (Å²) in [5.41, 5.74) is 1.37. The molecule has 12 heavy (non-hydrogen) atoms. The zero-order valence-electron chi connectivity index (χ0n) is 7.84. The zero-order chi connectivity index (χ0) is 8.81. The van der Waals surface area contributed by atoms with E-state index in [2.05, 4.69) is 19.1 Å². The summed E-state index contributed by atoms with van der Waals surface area (Å²) in [6.07, 6.45) is 3.66. The summed E-state index contributed by atoms with van der Waals surface area (Å²) in [5.74, 6) is 0.962. The zero-order valence-corrected chi connectivity index (χ0v) is 7.84. The summed E-state index contributed by atoms with van der Waals surface area (Å²) in [7, 11) is 1.71. The van der Waals surface area contributed by atoms with Crippen LogP contribution in [0, 0.1) is 0 Å². The molecule has 0 radical (unpaired) electrons. The molecule has 0 unspecified atom stereocenters. The van der Waals surface area contributed by atoms with Gasteiger partial charge in [-0.2, -0.15) is 0 Å². The molecule has 0 saturated carbocycles. The van der Waals surface area contributed by atoms with Crippen LogP contribution in [0.15, 0.2) is 24.3 Å². The third-order valence-corrected chi connectivity index (χ3v) is 1.95. The fourth-order valence-electron chi connectivity index (χ4n) is 1.21. The number of unbranched alkanes of at least 4 members (excludes halogenated alkanes) is 1.